The summed E-state index contributed by atoms with van der Waals surface area (Å²) >= 11 is 0.188. The van der Waals surface area contributed by atoms with Gasteiger partial charge in [-0.2, -0.15) is 0 Å². The van der Waals surface area contributed by atoms with Crippen LogP contribution >= 0.6 is 0 Å². The monoisotopic (exact) mass is 580 g/mol. The number of anilines is 3. The fraction of sp³-hybridized carbons (Fsp3) is 0. The molecule has 4 nitrogen and oxygen atoms in total. The molecule has 0 unspecified atom stereocenters. The van der Waals surface area contributed by atoms with Crippen LogP contribution in [0.25, 0.3) is 27.6 Å². The van der Waals surface area contributed by atoms with E-state index < -0.39 is 0 Å². The van der Waals surface area contributed by atoms with Crippen molar-refractivity contribution in [3.63, 3.8) is 0 Å². The third-order valence-corrected chi connectivity index (χ3v) is 9.94. The Kier molecular flexibility index (Phi) is 5.11. The molecule has 0 amide bonds. The van der Waals surface area contributed by atoms with Crippen LogP contribution in [0, 0.1) is 0 Å². The van der Waals surface area contributed by atoms with Gasteiger partial charge in [-0.25, -0.2) is 0 Å². The summed E-state index contributed by atoms with van der Waals surface area (Å²) in [4.78, 5) is 34.4. The van der Waals surface area contributed by atoms with Gasteiger partial charge in [0.2, 0.25) is 0 Å². The molecule has 6 aromatic rings. The summed E-state index contributed by atoms with van der Waals surface area (Å²) in [5, 5.41) is 3.62. The van der Waals surface area contributed by atoms with Crippen LogP contribution in [0.1, 0.15) is 26.3 Å². The number of aromatic nitrogens is 1. The van der Waals surface area contributed by atoms with E-state index in [1.807, 2.05) is 85.1 Å². The van der Waals surface area contributed by atoms with Crippen molar-refractivity contribution in [2.24, 2.45) is 0 Å². The van der Waals surface area contributed by atoms with E-state index >= 15 is 0 Å². The minimum atomic E-state index is -0.212. The van der Waals surface area contributed by atoms with Crippen LogP contribution in [-0.2, 0) is 0 Å². The van der Waals surface area contributed by atoms with E-state index in [9.17, 15) is 9.59 Å². The number of hydrogen-bond acceptors (Lipinski definition) is 4. The minimum Gasteiger partial charge on any atom is -0.0616 e. The summed E-state index contributed by atoms with van der Waals surface area (Å²) < 4.78 is 2.54. The minimum absolute atomic E-state index is 0.188. The number of allylic oxidation sites excluding steroid dienone is 1. The Balaban J connectivity index is 1.22. The molecule has 0 spiro atoms. The van der Waals surface area contributed by atoms with Gasteiger partial charge in [0.25, 0.3) is 0 Å². The van der Waals surface area contributed by atoms with Crippen LogP contribution in [0.3, 0.4) is 0 Å². The molecule has 0 fully saturated rings. The average Bonchev–Trinajstić information content (AvgIpc) is 3.26. The van der Waals surface area contributed by atoms with Gasteiger partial charge in [-0.05, 0) is 10.8 Å². The number of benzene rings is 5. The number of Topliss-reactive ketones (excluding diaryl/α,β-unsaturated/α-hetero) is 2. The number of carbonyl (C=O) groups is 2. The van der Waals surface area contributed by atoms with Crippen molar-refractivity contribution in [1.29, 1.82) is 0 Å². The molecule has 1 aromatic heterocycles. The van der Waals surface area contributed by atoms with Crippen LogP contribution in [0.5, 0.6) is 0 Å². The van der Waals surface area contributed by atoms with E-state index in [0.717, 1.165) is 44.3 Å². The first-order chi connectivity index (χ1) is 19.7. The molecule has 0 saturated carbocycles. The van der Waals surface area contributed by atoms with Crippen molar-refractivity contribution in [2.75, 3.05) is 4.90 Å². The Hall–Kier alpha value is -4.83. The first kappa shape index (κ1) is 23.1. The Morgan fingerprint density at radius 1 is 0.600 bits per heavy atom. The number of carbonyl (C=O) groups excluding carboxylic acids is 2. The van der Waals surface area contributed by atoms with E-state index in [1.165, 1.54) is 8.92 Å². The summed E-state index contributed by atoms with van der Waals surface area (Å²) in [5.41, 5.74) is 4.15. The van der Waals surface area contributed by atoms with Gasteiger partial charge in [0, 0.05) is 0 Å². The molecule has 0 bridgehead atoms. The van der Waals surface area contributed by atoms with Gasteiger partial charge in [-0.3, -0.25) is 0 Å². The first-order valence-corrected chi connectivity index (χ1v) is 14.8. The SMILES string of the molecule is O=C1C(=Cc2ccc(N3c4ccccc4[Se]c4cccnc43)cc2)C(=O)c2c1c1ccccc1c1ccccc21. The molecule has 0 saturated heterocycles. The molecular formula is C35H20N2O2Se. The maximum atomic E-state index is 13.8. The smallest absolute Gasteiger partial charge is 0.0616 e. The van der Waals surface area contributed by atoms with E-state index in [4.69, 9.17) is 4.98 Å². The number of fused-ring (bicyclic) bond motifs is 8. The number of hydrogen-bond donors (Lipinski definition) is 0. The molecule has 188 valence electrons. The second kappa shape index (κ2) is 8.85. The number of nitrogens with zero attached hydrogens (tertiary/aromatic N) is 2. The molecule has 0 radical (unpaired) electrons. The second-order valence-electron chi connectivity index (χ2n) is 9.88. The first-order valence-electron chi connectivity index (χ1n) is 13.1. The van der Waals surface area contributed by atoms with Gasteiger partial charge in [-0.1, -0.05) is 48.5 Å². The molecule has 8 rings (SSSR count). The van der Waals surface area contributed by atoms with Crippen LogP contribution in [0.2, 0.25) is 0 Å². The van der Waals surface area contributed by atoms with Crippen LogP contribution in [0.4, 0.5) is 17.2 Å². The number of ketones is 2. The molecule has 2 heterocycles. The topological polar surface area (TPSA) is 50.3 Å². The second-order valence-corrected chi connectivity index (χ2v) is 12.2. The molecule has 0 atom stereocenters. The van der Waals surface area contributed by atoms with E-state index in [0.29, 0.717) is 11.1 Å². The Labute approximate surface area is 236 Å². The van der Waals surface area contributed by atoms with E-state index in [-0.39, 0.29) is 32.1 Å². The number of pyridine rings is 1. The van der Waals surface area contributed by atoms with Crippen LogP contribution in [-0.4, -0.2) is 31.5 Å². The predicted octanol–water partition coefficient (Wildman–Crippen LogP) is 6.29. The van der Waals surface area contributed by atoms with Crippen molar-refractivity contribution >= 4 is 80.3 Å². The zero-order valence-electron chi connectivity index (χ0n) is 21.2. The molecule has 1 aliphatic carbocycles. The summed E-state index contributed by atoms with van der Waals surface area (Å²) in [5.74, 6) is 0.523. The van der Waals surface area contributed by atoms with Gasteiger partial charge < -0.3 is 0 Å². The van der Waals surface area contributed by atoms with Crippen molar-refractivity contribution in [2.45, 2.75) is 0 Å². The van der Waals surface area contributed by atoms with Crippen LogP contribution < -0.4 is 13.8 Å². The standard InChI is InChI=1S/C35H20N2O2Se/c38-33-27(34(39)32-26-11-4-2-9-24(26)23-8-1-3-10-25(23)31(32)33)20-21-15-17-22(18-16-21)37-28-12-5-6-13-29(28)40-30-14-7-19-36-35(30)37/h1-20H. The molecule has 1 aliphatic heterocycles. The number of para-hydroxylation sites is 1. The third-order valence-electron chi connectivity index (χ3n) is 7.63. The third kappa shape index (κ3) is 3.35. The van der Waals surface area contributed by atoms with Gasteiger partial charge in [0.05, 0.1) is 0 Å². The zero-order chi connectivity index (χ0) is 26.8. The van der Waals surface area contributed by atoms with E-state index in [2.05, 4.69) is 35.2 Å². The summed E-state index contributed by atoms with van der Waals surface area (Å²) in [6.07, 6.45) is 3.56. The van der Waals surface area contributed by atoms with Gasteiger partial charge in [0.1, 0.15) is 0 Å². The molecule has 0 N–H and O–H groups in total. The average molecular weight is 580 g/mol. The van der Waals surface area contributed by atoms with Crippen molar-refractivity contribution in [1.82, 2.24) is 4.98 Å². The normalized spacial score (nSPS) is 13.9. The Morgan fingerprint density at radius 2 is 1.18 bits per heavy atom. The van der Waals surface area contributed by atoms with Gasteiger partial charge in [0.15, 0.2) is 0 Å². The maximum absolute atomic E-state index is 13.8. The number of rotatable bonds is 2. The van der Waals surface area contributed by atoms with Crippen molar-refractivity contribution in [3.8, 4) is 0 Å². The summed E-state index contributed by atoms with van der Waals surface area (Å²) in [7, 11) is 0. The molecular weight excluding hydrogens is 559 g/mol. The molecule has 5 aromatic carbocycles. The molecule has 40 heavy (non-hydrogen) atoms. The molecule has 2 aliphatic rings. The van der Waals surface area contributed by atoms with Crippen molar-refractivity contribution in [3.05, 3.63) is 138 Å². The fourth-order valence-electron chi connectivity index (χ4n) is 5.85. The fourth-order valence-corrected chi connectivity index (χ4v) is 8.01. The van der Waals surface area contributed by atoms with Gasteiger partial charge >= 0.3 is 178 Å². The van der Waals surface area contributed by atoms with E-state index in [1.54, 1.807) is 6.08 Å². The zero-order valence-corrected chi connectivity index (χ0v) is 22.9. The molecule has 5 heteroatoms. The van der Waals surface area contributed by atoms with Crippen molar-refractivity contribution < 1.29 is 9.59 Å². The summed E-state index contributed by atoms with van der Waals surface area (Å²) in [6.45, 7) is 0. The Morgan fingerprint density at radius 3 is 1.85 bits per heavy atom. The quantitative estimate of drug-likeness (QED) is 0.105. The summed E-state index contributed by atoms with van der Waals surface area (Å²) in [6, 6.07) is 36.3. The Bertz CT molecular complexity index is 1960. The van der Waals surface area contributed by atoms with Crippen LogP contribution in [0.15, 0.2) is 121 Å². The van der Waals surface area contributed by atoms with Gasteiger partial charge in [-0.15, -0.1) is 0 Å². The predicted molar refractivity (Wildman–Crippen MR) is 162 cm³/mol.